The van der Waals surface area contributed by atoms with Crippen LogP contribution in [0.4, 0.5) is 0 Å². The molecule has 3 nitrogen and oxygen atoms in total. The van der Waals surface area contributed by atoms with Crippen molar-refractivity contribution in [2.75, 3.05) is 19.8 Å². The summed E-state index contributed by atoms with van der Waals surface area (Å²) in [7, 11) is 0. The van der Waals surface area contributed by atoms with E-state index in [1.807, 2.05) is 12.1 Å². The van der Waals surface area contributed by atoms with Crippen LogP contribution in [0.1, 0.15) is 22.8 Å². The van der Waals surface area contributed by atoms with Gasteiger partial charge in [-0.1, -0.05) is 42.5 Å². The predicted molar refractivity (Wildman–Crippen MR) is 79.6 cm³/mol. The molecule has 0 radical (unpaired) electrons. The summed E-state index contributed by atoms with van der Waals surface area (Å²) in [5, 5.41) is 0. The van der Waals surface area contributed by atoms with Gasteiger partial charge < -0.3 is 14.2 Å². The number of para-hydroxylation sites is 1. The van der Waals surface area contributed by atoms with E-state index >= 15 is 0 Å². The van der Waals surface area contributed by atoms with Gasteiger partial charge in [0.05, 0.1) is 13.2 Å². The summed E-state index contributed by atoms with van der Waals surface area (Å²) in [4.78, 5) is 0. The normalized spacial score (nSPS) is 22.9. The van der Waals surface area contributed by atoms with E-state index in [0.717, 1.165) is 25.4 Å². The highest BCUT2D eigenvalue weighted by atomic mass is 16.6. The van der Waals surface area contributed by atoms with Gasteiger partial charge in [0.2, 0.25) is 0 Å². The van der Waals surface area contributed by atoms with Gasteiger partial charge in [-0.05, 0) is 22.8 Å². The maximum Gasteiger partial charge on any atom is 0.122 e. The Morgan fingerprint density at radius 2 is 1.62 bits per heavy atom. The third kappa shape index (κ3) is 3.09. The lowest BCUT2D eigenvalue weighted by Crippen LogP contribution is -2.06. The molecule has 108 valence electrons. The minimum absolute atomic E-state index is 0.283. The topological polar surface area (TPSA) is 34.3 Å². The Morgan fingerprint density at radius 1 is 0.905 bits per heavy atom. The van der Waals surface area contributed by atoms with Crippen LogP contribution in [0.25, 0.3) is 0 Å². The number of hydrogen-bond acceptors (Lipinski definition) is 3. The van der Waals surface area contributed by atoms with E-state index in [4.69, 9.17) is 14.2 Å². The van der Waals surface area contributed by atoms with Crippen LogP contribution >= 0.6 is 0 Å². The second kappa shape index (κ2) is 5.51. The zero-order valence-electron chi connectivity index (χ0n) is 11.8. The Morgan fingerprint density at radius 3 is 2.38 bits per heavy atom. The molecule has 0 amide bonds. The maximum absolute atomic E-state index is 5.89. The predicted octanol–water partition coefficient (Wildman–Crippen LogP) is 3.13. The molecule has 0 aliphatic carbocycles. The molecule has 2 aliphatic heterocycles. The van der Waals surface area contributed by atoms with Crippen molar-refractivity contribution in [2.24, 2.45) is 0 Å². The fourth-order valence-corrected chi connectivity index (χ4v) is 2.58. The van der Waals surface area contributed by atoms with Gasteiger partial charge in [-0.3, -0.25) is 0 Å². The molecule has 0 N–H and O–H groups in total. The zero-order valence-corrected chi connectivity index (χ0v) is 11.8. The van der Waals surface area contributed by atoms with Crippen LogP contribution in [-0.2, 0) is 15.9 Å². The standard InChI is InChI=1S/C18H18O3/c1-3-7-16(18-12-21-18)13(5-1)9-14-6-2-4-8-17(14)20-11-15-10-19-15/h1-8,15,18H,9-12H2. The van der Waals surface area contributed by atoms with Crippen molar-refractivity contribution in [3.8, 4) is 5.75 Å². The van der Waals surface area contributed by atoms with Crippen LogP contribution in [-0.4, -0.2) is 25.9 Å². The molecule has 2 fully saturated rings. The molecular formula is C18H18O3. The Labute approximate surface area is 124 Å². The Bertz CT molecular complexity index is 630. The first kappa shape index (κ1) is 12.9. The average molecular weight is 282 g/mol. The smallest absolute Gasteiger partial charge is 0.122 e. The molecule has 0 saturated carbocycles. The van der Waals surface area contributed by atoms with E-state index in [9.17, 15) is 0 Å². The van der Waals surface area contributed by atoms with Gasteiger partial charge in [0.1, 0.15) is 24.6 Å². The lowest BCUT2D eigenvalue weighted by atomic mass is 9.97. The first-order chi connectivity index (χ1) is 10.4. The highest BCUT2D eigenvalue weighted by molar-refractivity contribution is 5.41. The highest BCUT2D eigenvalue weighted by Crippen LogP contribution is 2.34. The van der Waals surface area contributed by atoms with Crippen molar-refractivity contribution < 1.29 is 14.2 Å². The highest BCUT2D eigenvalue weighted by Gasteiger charge is 2.27. The van der Waals surface area contributed by atoms with Crippen LogP contribution in [0.15, 0.2) is 48.5 Å². The number of rotatable bonds is 6. The van der Waals surface area contributed by atoms with Gasteiger partial charge in [0.15, 0.2) is 0 Å². The molecule has 2 aromatic carbocycles. The summed E-state index contributed by atoms with van der Waals surface area (Å²) in [6.45, 7) is 2.31. The van der Waals surface area contributed by atoms with Crippen molar-refractivity contribution in [1.29, 1.82) is 0 Å². The van der Waals surface area contributed by atoms with Crippen LogP contribution in [0, 0.1) is 0 Å². The van der Waals surface area contributed by atoms with Crippen molar-refractivity contribution in [3.05, 3.63) is 65.2 Å². The Balaban J connectivity index is 1.55. The lowest BCUT2D eigenvalue weighted by molar-refractivity contribution is 0.261. The molecule has 2 atom stereocenters. The van der Waals surface area contributed by atoms with E-state index in [-0.39, 0.29) is 12.2 Å². The van der Waals surface area contributed by atoms with E-state index < -0.39 is 0 Å². The van der Waals surface area contributed by atoms with Gasteiger partial charge in [0.25, 0.3) is 0 Å². The molecule has 2 heterocycles. The van der Waals surface area contributed by atoms with Crippen molar-refractivity contribution in [1.82, 2.24) is 0 Å². The molecule has 2 unspecified atom stereocenters. The van der Waals surface area contributed by atoms with Crippen LogP contribution in [0.5, 0.6) is 5.75 Å². The molecule has 21 heavy (non-hydrogen) atoms. The molecule has 0 aromatic heterocycles. The number of benzene rings is 2. The minimum atomic E-state index is 0.283. The summed E-state index contributed by atoms with van der Waals surface area (Å²) in [6.07, 6.45) is 1.44. The fraction of sp³-hybridized carbons (Fsp3) is 0.333. The molecular weight excluding hydrogens is 264 g/mol. The van der Waals surface area contributed by atoms with Crippen LogP contribution in [0.3, 0.4) is 0 Å². The SMILES string of the molecule is c1ccc(OCC2CO2)c(Cc2ccccc2C2CO2)c1. The molecule has 2 aromatic rings. The molecule has 0 spiro atoms. The first-order valence-electron chi connectivity index (χ1n) is 7.42. The van der Waals surface area contributed by atoms with E-state index in [2.05, 4.69) is 36.4 Å². The monoisotopic (exact) mass is 282 g/mol. The molecule has 0 bridgehead atoms. The average Bonchev–Trinajstić information content (AvgIpc) is 3.39. The third-order valence-electron chi connectivity index (χ3n) is 3.92. The first-order valence-corrected chi connectivity index (χ1v) is 7.42. The number of ether oxygens (including phenoxy) is 3. The van der Waals surface area contributed by atoms with Crippen molar-refractivity contribution in [2.45, 2.75) is 18.6 Å². The second-order valence-corrected chi connectivity index (χ2v) is 5.57. The van der Waals surface area contributed by atoms with Crippen molar-refractivity contribution in [3.63, 3.8) is 0 Å². The zero-order chi connectivity index (χ0) is 14.1. The summed E-state index contributed by atoms with van der Waals surface area (Å²) >= 11 is 0. The quantitative estimate of drug-likeness (QED) is 0.763. The van der Waals surface area contributed by atoms with E-state index in [1.165, 1.54) is 16.7 Å². The van der Waals surface area contributed by atoms with Gasteiger partial charge in [-0.15, -0.1) is 0 Å². The number of epoxide rings is 2. The van der Waals surface area contributed by atoms with E-state index in [0.29, 0.717) is 6.61 Å². The van der Waals surface area contributed by atoms with E-state index in [1.54, 1.807) is 0 Å². The fourth-order valence-electron chi connectivity index (χ4n) is 2.58. The Kier molecular flexibility index (Phi) is 3.37. The van der Waals surface area contributed by atoms with Gasteiger partial charge in [-0.25, -0.2) is 0 Å². The summed E-state index contributed by atoms with van der Waals surface area (Å²) in [6, 6.07) is 16.7. The van der Waals surface area contributed by atoms with Crippen LogP contribution in [0.2, 0.25) is 0 Å². The third-order valence-corrected chi connectivity index (χ3v) is 3.92. The van der Waals surface area contributed by atoms with Gasteiger partial charge in [-0.2, -0.15) is 0 Å². The molecule has 2 aliphatic rings. The molecule has 4 rings (SSSR count). The molecule has 2 saturated heterocycles. The largest absolute Gasteiger partial charge is 0.490 e. The summed E-state index contributed by atoms with van der Waals surface area (Å²) in [5.74, 6) is 0.958. The van der Waals surface area contributed by atoms with Gasteiger partial charge in [0, 0.05) is 6.42 Å². The molecule has 3 heteroatoms. The summed E-state index contributed by atoms with van der Waals surface area (Å²) < 4.78 is 16.5. The van der Waals surface area contributed by atoms with Gasteiger partial charge >= 0.3 is 0 Å². The minimum Gasteiger partial charge on any atom is -0.490 e. The summed E-state index contributed by atoms with van der Waals surface area (Å²) in [5.41, 5.74) is 3.84. The second-order valence-electron chi connectivity index (χ2n) is 5.57. The Hall–Kier alpha value is -1.84. The maximum atomic E-state index is 5.89. The van der Waals surface area contributed by atoms with Crippen molar-refractivity contribution >= 4 is 0 Å². The number of hydrogen-bond donors (Lipinski definition) is 0. The lowest BCUT2D eigenvalue weighted by Gasteiger charge is -2.12. The van der Waals surface area contributed by atoms with Crippen LogP contribution < -0.4 is 4.74 Å².